The lowest BCUT2D eigenvalue weighted by Gasteiger charge is -2.18. The average Bonchev–Trinajstić information content (AvgIpc) is 2.38. The molecule has 0 spiro atoms. The predicted molar refractivity (Wildman–Crippen MR) is 75.6 cm³/mol. The van der Waals surface area contributed by atoms with Gasteiger partial charge in [-0.25, -0.2) is 4.39 Å². The van der Waals surface area contributed by atoms with Crippen molar-refractivity contribution in [2.24, 2.45) is 5.92 Å². The van der Waals surface area contributed by atoms with Gasteiger partial charge in [0, 0.05) is 19.3 Å². The minimum absolute atomic E-state index is 0.0594. The van der Waals surface area contributed by atoms with Gasteiger partial charge in [-0.05, 0) is 24.1 Å². The Kier molecular flexibility index (Phi) is 5.49. The minimum Gasteiger partial charge on any atom is -0.398 e. The van der Waals surface area contributed by atoms with Crippen LogP contribution in [0.4, 0.5) is 10.1 Å². The second kappa shape index (κ2) is 6.88. The predicted octanol–water partition coefficient (Wildman–Crippen LogP) is 1.25. The van der Waals surface area contributed by atoms with E-state index >= 15 is 0 Å². The number of hydrogen-bond donors (Lipinski definition) is 2. The highest BCUT2D eigenvalue weighted by Crippen LogP contribution is 2.15. The van der Waals surface area contributed by atoms with E-state index in [0.717, 1.165) is 6.07 Å². The Bertz CT molecular complexity index is 503. The molecule has 20 heavy (non-hydrogen) atoms. The van der Waals surface area contributed by atoms with Crippen LogP contribution in [0.3, 0.4) is 0 Å². The molecule has 0 unspecified atom stereocenters. The zero-order valence-electron chi connectivity index (χ0n) is 11.9. The number of nitrogens with one attached hydrogen (secondary N) is 1. The number of amides is 2. The van der Waals surface area contributed by atoms with Gasteiger partial charge >= 0.3 is 0 Å². The van der Waals surface area contributed by atoms with Gasteiger partial charge in [0.1, 0.15) is 5.82 Å². The van der Waals surface area contributed by atoms with E-state index in [2.05, 4.69) is 5.32 Å². The summed E-state index contributed by atoms with van der Waals surface area (Å²) in [5, 5.41) is 2.71. The van der Waals surface area contributed by atoms with Crippen LogP contribution in [-0.4, -0.2) is 36.9 Å². The SMILES string of the molecule is CC(C)CNC(=O)CN(C)C(=O)c1cc(F)ccc1N. The third-order valence-electron chi connectivity index (χ3n) is 2.68. The number of carbonyl (C=O) groups is 2. The summed E-state index contributed by atoms with van der Waals surface area (Å²) < 4.78 is 13.1. The number of hydrogen-bond acceptors (Lipinski definition) is 3. The number of likely N-dealkylation sites (N-methyl/N-ethyl adjacent to an activating group) is 1. The lowest BCUT2D eigenvalue weighted by molar-refractivity contribution is -0.121. The molecule has 0 aliphatic carbocycles. The highest BCUT2D eigenvalue weighted by Gasteiger charge is 2.17. The summed E-state index contributed by atoms with van der Waals surface area (Å²) in [4.78, 5) is 24.9. The smallest absolute Gasteiger partial charge is 0.256 e. The van der Waals surface area contributed by atoms with Crippen molar-refractivity contribution in [3.63, 3.8) is 0 Å². The van der Waals surface area contributed by atoms with Gasteiger partial charge in [0.05, 0.1) is 12.1 Å². The fraction of sp³-hybridized carbons (Fsp3) is 0.429. The van der Waals surface area contributed by atoms with E-state index < -0.39 is 11.7 Å². The molecule has 0 aliphatic heterocycles. The first-order valence-electron chi connectivity index (χ1n) is 6.38. The summed E-state index contributed by atoms with van der Waals surface area (Å²) in [5.74, 6) is -0.953. The number of carbonyl (C=O) groups excluding carboxylic acids is 2. The van der Waals surface area contributed by atoms with Crippen molar-refractivity contribution in [2.75, 3.05) is 25.9 Å². The van der Waals surface area contributed by atoms with E-state index in [1.54, 1.807) is 0 Å². The van der Waals surface area contributed by atoms with Gasteiger partial charge < -0.3 is 16.0 Å². The second-order valence-corrected chi connectivity index (χ2v) is 5.09. The molecule has 0 radical (unpaired) electrons. The van der Waals surface area contributed by atoms with Crippen molar-refractivity contribution in [1.29, 1.82) is 0 Å². The first kappa shape index (κ1) is 15.9. The molecule has 1 aromatic carbocycles. The third kappa shape index (κ3) is 4.53. The summed E-state index contributed by atoms with van der Waals surface area (Å²) >= 11 is 0. The molecule has 0 heterocycles. The van der Waals surface area contributed by atoms with Crippen molar-refractivity contribution in [3.8, 4) is 0 Å². The monoisotopic (exact) mass is 281 g/mol. The Labute approximate surface area is 117 Å². The average molecular weight is 281 g/mol. The molecule has 1 rings (SSSR count). The molecular weight excluding hydrogens is 261 g/mol. The van der Waals surface area contributed by atoms with Crippen LogP contribution in [-0.2, 0) is 4.79 Å². The molecule has 2 amide bonds. The van der Waals surface area contributed by atoms with Gasteiger partial charge in [-0.1, -0.05) is 13.8 Å². The van der Waals surface area contributed by atoms with Crippen LogP contribution < -0.4 is 11.1 Å². The number of halogens is 1. The fourth-order valence-corrected chi connectivity index (χ4v) is 1.58. The maximum atomic E-state index is 13.1. The molecule has 110 valence electrons. The van der Waals surface area contributed by atoms with Gasteiger partial charge in [0.15, 0.2) is 0 Å². The number of rotatable bonds is 5. The largest absolute Gasteiger partial charge is 0.398 e. The van der Waals surface area contributed by atoms with Gasteiger partial charge in [-0.2, -0.15) is 0 Å². The van der Waals surface area contributed by atoms with Crippen molar-refractivity contribution in [2.45, 2.75) is 13.8 Å². The Morgan fingerprint density at radius 2 is 2.05 bits per heavy atom. The summed E-state index contributed by atoms with van der Waals surface area (Å²) in [7, 11) is 1.47. The Hall–Kier alpha value is -2.11. The molecule has 0 aromatic heterocycles. The van der Waals surface area contributed by atoms with Crippen molar-refractivity contribution >= 4 is 17.5 Å². The summed E-state index contributed by atoms with van der Waals surface area (Å²) in [5.41, 5.74) is 5.89. The number of nitrogens with two attached hydrogens (primary N) is 1. The molecular formula is C14H20FN3O2. The molecule has 3 N–H and O–H groups in total. The molecule has 0 saturated heterocycles. The minimum atomic E-state index is -0.541. The fourth-order valence-electron chi connectivity index (χ4n) is 1.58. The van der Waals surface area contributed by atoms with Crippen LogP contribution in [0, 0.1) is 11.7 Å². The van der Waals surface area contributed by atoms with Crippen LogP contribution >= 0.6 is 0 Å². The number of benzene rings is 1. The van der Waals surface area contributed by atoms with E-state index in [1.807, 2.05) is 13.8 Å². The lowest BCUT2D eigenvalue weighted by atomic mass is 10.1. The van der Waals surface area contributed by atoms with Crippen LogP contribution in [0.1, 0.15) is 24.2 Å². The highest BCUT2D eigenvalue weighted by atomic mass is 19.1. The topological polar surface area (TPSA) is 75.4 Å². The molecule has 0 aliphatic rings. The summed E-state index contributed by atoms with van der Waals surface area (Å²) in [6.45, 7) is 4.40. The van der Waals surface area contributed by atoms with Gasteiger partial charge in [-0.3, -0.25) is 9.59 Å². The van der Waals surface area contributed by atoms with E-state index in [0.29, 0.717) is 12.5 Å². The maximum Gasteiger partial charge on any atom is 0.256 e. The number of nitrogens with zero attached hydrogens (tertiary/aromatic N) is 1. The van der Waals surface area contributed by atoms with Gasteiger partial charge in [-0.15, -0.1) is 0 Å². The molecule has 6 heteroatoms. The van der Waals surface area contributed by atoms with E-state index in [1.165, 1.54) is 24.1 Å². The Morgan fingerprint density at radius 1 is 1.40 bits per heavy atom. The number of anilines is 1. The van der Waals surface area contributed by atoms with Crippen molar-refractivity contribution in [1.82, 2.24) is 10.2 Å². The van der Waals surface area contributed by atoms with Gasteiger partial charge in [0.2, 0.25) is 5.91 Å². The highest BCUT2D eigenvalue weighted by molar-refractivity contribution is 6.00. The normalized spacial score (nSPS) is 10.4. The Balaban J connectivity index is 2.67. The maximum absolute atomic E-state index is 13.1. The zero-order chi connectivity index (χ0) is 15.3. The molecule has 0 bridgehead atoms. The Morgan fingerprint density at radius 3 is 2.65 bits per heavy atom. The standard InChI is InChI=1S/C14H20FN3O2/c1-9(2)7-17-13(19)8-18(3)14(20)11-6-10(15)4-5-12(11)16/h4-6,9H,7-8,16H2,1-3H3,(H,17,19). The molecule has 0 fully saturated rings. The lowest BCUT2D eigenvalue weighted by Crippen LogP contribution is -2.39. The molecule has 1 aromatic rings. The van der Waals surface area contributed by atoms with Crippen molar-refractivity contribution in [3.05, 3.63) is 29.6 Å². The molecule has 0 saturated carbocycles. The number of nitrogen functional groups attached to an aromatic ring is 1. The first-order valence-corrected chi connectivity index (χ1v) is 6.38. The van der Waals surface area contributed by atoms with Crippen LogP contribution in [0.2, 0.25) is 0 Å². The van der Waals surface area contributed by atoms with E-state index in [-0.39, 0.29) is 23.7 Å². The summed E-state index contributed by atoms with van der Waals surface area (Å²) in [6.07, 6.45) is 0. The molecule has 5 nitrogen and oxygen atoms in total. The van der Waals surface area contributed by atoms with Gasteiger partial charge in [0.25, 0.3) is 5.91 Å². The third-order valence-corrected chi connectivity index (χ3v) is 2.68. The second-order valence-electron chi connectivity index (χ2n) is 5.09. The van der Waals surface area contributed by atoms with Crippen LogP contribution in [0.15, 0.2) is 18.2 Å². The van der Waals surface area contributed by atoms with Crippen LogP contribution in [0.25, 0.3) is 0 Å². The molecule has 0 atom stereocenters. The van der Waals surface area contributed by atoms with Crippen molar-refractivity contribution < 1.29 is 14.0 Å². The van der Waals surface area contributed by atoms with Crippen LogP contribution in [0.5, 0.6) is 0 Å². The first-order chi connectivity index (χ1) is 9.31. The van der Waals surface area contributed by atoms with E-state index in [9.17, 15) is 14.0 Å². The summed E-state index contributed by atoms with van der Waals surface area (Å²) in [6, 6.07) is 3.58. The zero-order valence-corrected chi connectivity index (χ0v) is 11.9. The van der Waals surface area contributed by atoms with E-state index in [4.69, 9.17) is 5.73 Å². The quantitative estimate of drug-likeness (QED) is 0.798.